The number of aliphatic hydroxyl groups is 1. The van der Waals surface area contributed by atoms with Crippen molar-refractivity contribution in [3.8, 4) is 5.75 Å². The molecule has 1 N–H and O–H groups in total. The van der Waals surface area contributed by atoms with E-state index >= 15 is 0 Å². The van der Waals surface area contributed by atoms with Gasteiger partial charge in [-0.15, -0.1) is 0 Å². The van der Waals surface area contributed by atoms with E-state index in [-0.39, 0.29) is 6.61 Å². The van der Waals surface area contributed by atoms with E-state index in [9.17, 15) is 5.11 Å². The summed E-state index contributed by atoms with van der Waals surface area (Å²) >= 11 is 0. The number of hydrogen-bond acceptors (Lipinski definition) is 3. The summed E-state index contributed by atoms with van der Waals surface area (Å²) in [5, 5.41) is 16.2. The molecule has 0 bridgehead atoms. The fourth-order valence-corrected chi connectivity index (χ4v) is 2.18. The molecule has 1 unspecified atom stereocenters. The largest absolute Gasteiger partial charge is 0.490 e. The van der Waals surface area contributed by atoms with Crippen LogP contribution in [0, 0.1) is 0 Å². The third-order valence-electron chi connectivity index (χ3n) is 3.14. The van der Waals surface area contributed by atoms with Gasteiger partial charge >= 0.3 is 0 Å². The van der Waals surface area contributed by atoms with Crippen LogP contribution in [0.5, 0.6) is 5.75 Å². The zero-order valence-electron chi connectivity index (χ0n) is 11.0. The zero-order valence-corrected chi connectivity index (χ0v) is 11.0. The molecule has 1 heterocycles. The Bertz CT molecular complexity index is 675. The number of hydrogen-bond donors (Lipinski definition) is 1. The lowest BCUT2D eigenvalue weighted by Gasteiger charge is -2.14. The highest BCUT2D eigenvalue weighted by atomic mass is 16.5. The van der Waals surface area contributed by atoms with E-state index in [4.69, 9.17) is 4.74 Å². The van der Waals surface area contributed by atoms with E-state index in [0.29, 0.717) is 6.54 Å². The quantitative estimate of drug-likeness (QED) is 0.773. The number of aromatic nitrogens is 2. The number of benzene rings is 2. The summed E-state index contributed by atoms with van der Waals surface area (Å²) in [4.78, 5) is 0. The van der Waals surface area contributed by atoms with Crippen molar-refractivity contribution in [1.29, 1.82) is 0 Å². The summed E-state index contributed by atoms with van der Waals surface area (Å²) in [5.41, 5.74) is 0. The van der Waals surface area contributed by atoms with Crippen LogP contribution in [0.25, 0.3) is 10.8 Å². The molecule has 1 aromatic heterocycles. The number of nitrogens with zero attached hydrogens (tertiary/aromatic N) is 2. The molecule has 0 saturated heterocycles. The Kier molecular flexibility index (Phi) is 3.65. The second-order valence-electron chi connectivity index (χ2n) is 4.67. The van der Waals surface area contributed by atoms with Crippen LogP contribution in [0.4, 0.5) is 0 Å². The first-order chi connectivity index (χ1) is 9.83. The molecule has 3 aromatic rings. The molecule has 4 heteroatoms. The summed E-state index contributed by atoms with van der Waals surface area (Å²) in [6.07, 6.45) is 2.92. The van der Waals surface area contributed by atoms with Gasteiger partial charge in [0, 0.05) is 17.8 Å². The summed E-state index contributed by atoms with van der Waals surface area (Å²) in [5.74, 6) is 0.794. The normalized spacial score (nSPS) is 12.4. The second-order valence-corrected chi connectivity index (χ2v) is 4.67. The minimum absolute atomic E-state index is 0.244. The van der Waals surface area contributed by atoms with Gasteiger partial charge in [0.1, 0.15) is 18.5 Å². The van der Waals surface area contributed by atoms with Gasteiger partial charge in [-0.3, -0.25) is 4.68 Å². The van der Waals surface area contributed by atoms with Gasteiger partial charge in [0.2, 0.25) is 0 Å². The molecule has 0 aliphatic rings. The number of aliphatic hydroxyl groups excluding tert-OH is 1. The highest BCUT2D eigenvalue weighted by molar-refractivity contribution is 5.88. The van der Waals surface area contributed by atoms with Crippen molar-refractivity contribution in [1.82, 2.24) is 9.78 Å². The molecular weight excluding hydrogens is 252 g/mol. The number of fused-ring (bicyclic) bond motifs is 1. The summed E-state index contributed by atoms with van der Waals surface area (Å²) in [6, 6.07) is 15.8. The average molecular weight is 268 g/mol. The lowest BCUT2D eigenvalue weighted by atomic mass is 10.1. The van der Waals surface area contributed by atoms with Gasteiger partial charge in [0.25, 0.3) is 0 Å². The molecule has 0 radical (unpaired) electrons. The van der Waals surface area contributed by atoms with Gasteiger partial charge in [-0.25, -0.2) is 0 Å². The summed E-state index contributed by atoms with van der Waals surface area (Å²) < 4.78 is 7.43. The average Bonchev–Trinajstić information content (AvgIpc) is 2.98. The molecule has 2 aromatic carbocycles. The summed E-state index contributed by atoms with van der Waals surface area (Å²) in [7, 11) is 0. The molecule has 0 fully saturated rings. The Hall–Kier alpha value is -2.33. The predicted octanol–water partition coefficient (Wildman–Crippen LogP) is 2.48. The molecule has 0 amide bonds. The SMILES string of the molecule is OC(COc1cccc2ccccc12)Cn1cccn1. The maximum atomic E-state index is 9.97. The third kappa shape index (κ3) is 2.81. The maximum absolute atomic E-state index is 9.97. The van der Waals surface area contributed by atoms with Crippen molar-refractivity contribution in [2.45, 2.75) is 12.6 Å². The Balaban J connectivity index is 1.67. The van der Waals surface area contributed by atoms with Crippen molar-refractivity contribution in [3.05, 3.63) is 60.9 Å². The highest BCUT2D eigenvalue weighted by Gasteiger charge is 2.08. The van der Waals surface area contributed by atoms with E-state index in [1.54, 1.807) is 10.9 Å². The Morgan fingerprint density at radius 2 is 1.95 bits per heavy atom. The van der Waals surface area contributed by atoms with Gasteiger partial charge in [-0.2, -0.15) is 5.10 Å². The predicted molar refractivity (Wildman–Crippen MR) is 77.7 cm³/mol. The lowest BCUT2D eigenvalue weighted by molar-refractivity contribution is 0.0900. The lowest BCUT2D eigenvalue weighted by Crippen LogP contribution is -2.23. The third-order valence-corrected chi connectivity index (χ3v) is 3.14. The van der Waals surface area contributed by atoms with Crippen LogP contribution >= 0.6 is 0 Å². The monoisotopic (exact) mass is 268 g/mol. The first-order valence-electron chi connectivity index (χ1n) is 6.59. The van der Waals surface area contributed by atoms with Crippen LogP contribution in [0.15, 0.2) is 60.9 Å². The minimum atomic E-state index is -0.589. The van der Waals surface area contributed by atoms with E-state index in [1.165, 1.54) is 0 Å². The molecule has 0 aliphatic carbocycles. The highest BCUT2D eigenvalue weighted by Crippen LogP contribution is 2.25. The molecule has 4 nitrogen and oxygen atoms in total. The van der Waals surface area contributed by atoms with Crippen LogP contribution in [0.3, 0.4) is 0 Å². The Labute approximate surface area is 117 Å². The van der Waals surface area contributed by atoms with Crippen LogP contribution < -0.4 is 4.74 Å². The van der Waals surface area contributed by atoms with Crippen molar-refractivity contribution in [3.63, 3.8) is 0 Å². The molecule has 0 aliphatic heterocycles. The van der Waals surface area contributed by atoms with E-state index in [1.807, 2.05) is 54.7 Å². The van der Waals surface area contributed by atoms with Gasteiger partial charge < -0.3 is 9.84 Å². The smallest absolute Gasteiger partial charge is 0.127 e. The van der Waals surface area contributed by atoms with Crippen molar-refractivity contribution < 1.29 is 9.84 Å². The number of ether oxygens (including phenoxy) is 1. The first-order valence-corrected chi connectivity index (χ1v) is 6.59. The Morgan fingerprint density at radius 1 is 1.10 bits per heavy atom. The van der Waals surface area contributed by atoms with Gasteiger partial charge in [-0.1, -0.05) is 36.4 Å². The van der Waals surface area contributed by atoms with Gasteiger partial charge in [0.15, 0.2) is 0 Å². The zero-order chi connectivity index (χ0) is 13.8. The molecule has 1 atom stereocenters. The van der Waals surface area contributed by atoms with Gasteiger partial charge in [-0.05, 0) is 17.5 Å². The Morgan fingerprint density at radius 3 is 2.80 bits per heavy atom. The van der Waals surface area contributed by atoms with Crippen molar-refractivity contribution in [2.75, 3.05) is 6.61 Å². The van der Waals surface area contributed by atoms with E-state index < -0.39 is 6.10 Å². The molecule has 0 saturated carbocycles. The molecular formula is C16H16N2O2. The van der Waals surface area contributed by atoms with E-state index in [0.717, 1.165) is 16.5 Å². The fraction of sp³-hybridized carbons (Fsp3) is 0.188. The summed E-state index contributed by atoms with van der Waals surface area (Å²) in [6.45, 7) is 0.672. The van der Waals surface area contributed by atoms with Crippen LogP contribution in [0.1, 0.15) is 0 Å². The molecule has 20 heavy (non-hydrogen) atoms. The topological polar surface area (TPSA) is 47.3 Å². The maximum Gasteiger partial charge on any atom is 0.127 e. The van der Waals surface area contributed by atoms with Crippen molar-refractivity contribution in [2.24, 2.45) is 0 Å². The molecule has 3 rings (SSSR count). The van der Waals surface area contributed by atoms with E-state index in [2.05, 4.69) is 5.10 Å². The fourth-order valence-electron chi connectivity index (χ4n) is 2.18. The van der Waals surface area contributed by atoms with Crippen LogP contribution in [-0.4, -0.2) is 27.6 Å². The molecule has 0 spiro atoms. The van der Waals surface area contributed by atoms with Crippen molar-refractivity contribution >= 4 is 10.8 Å². The minimum Gasteiger partial charge on any atom is -0.490 e. The molecule has 102 valence electrons. The van der Waals surface area contributed by atoms with Crippen LogP contribution in [0.2, 0.25) is 0 Å². The van der Waals surface area contributed by atoms with Crippen LogP contribution in [-0.2, 0) is 6.54 Å². The number of rotatable bonds is 5. The standard InChI is InChI=1S/C16H16N2O2/c19-14(11-18-10-4-9-17-18)12-20-16-8-3-6-13-5-1-2-7-15(13)16/h1-10,14,19H,11-12H2. The van der Waals surface area contributed by atoms with Gasteiger partial charge in [0.05, 0.1) is 6.54 Å². The first kappa shape index (κ1) is 12.7. The second kappa shape index (κ2) is 5.75.